The van der Waals surface area contributed by atoms with E-state index >= 15 is 0 Å². The van der Waals surface area contributed by atoms with Crippen LogP contribution in [0.25, 0.3) is 0 Å². The average Bonchev–Trinajstić information content (AvgIpc) is 2.51. The Hall–Kier alpha value is -1.63. The van der Waals surface area contributed by atoms with Crippen LogP contribution in [0.15, 0.2) is 0 Å². The van der Waals surface area contributed by atoms with Crippen molar-refractivity contribution in [1.82, 2.24) is 15.0 Å². The van der Waals surface area contributed by atoms with Gasteiger partial charge in [0.2, 0.25) is 11.9 Å². The van der Waals surface area contributed by atoms with Crippen molar-refractivity contribution in [1.29, 1.82) is 0 Å². The third-order valence-electron chi connectivity index (χ3n) is 3.42. The van der Waals surface area contributed by atoms with Crippen LogP contribution < -0.4 is 15.4 Å². The molecule has 0 aromatic carbocycles. The average molecular weight is 297 g/mol. The summed E-state index contributed by atoms with van der Waals surface area (Å²) in [5.41, 5.74) is -0.424. The molecule has 1 aromatic rings. The maximum atomic E-state index is 9.64. The number of nitrogens with one attached hydrogen (secondary N) is 2. The third-order valence-corrected chi connectivity index (χ3v) is 3.42. The number of nitrogens with zero attached hydrogens (tertiary/aromatic N) is 3. The van der Waals surface area contributed by atoms with Gasteiger partial charge in [-0.1, -0.05) is 20.8 Å². The zero-order valence-corrected chi connectivity index (χ0v) is 13.4. The Morgan fingerprint density at radius 3 is 2.24 bits per heavy atom. The summed E-state index contributed by atoms with van der Waals surface area (Å²) in [6.45, 7) is 9.33. The lowest BCUT2D eigenvalue weighted by molar-refractivity contribution is 0.201. The molecule has 3 N–H and O–H groups in total. The Morgan fingerprint density at radius 1 is 1.05 bits per heavy atom. The lowest BCUT2D eigenvalue weighted by Crippen LogP contribution is -2.41. The van der Waals surface area contributed by atoms with E-state index in [1.807, 2.05) is 27.7 Å². The lowest BCUT2D eigenvalue weighted by atomic mass is 9.94. The number of aromatic nitrogens is 3. The van der Waals surface area contributed by atoms with E-state index < -0.39 is 5.54 Å². The number of hydrogen-bond acceptors (Lipinski definition) is 7. The first-order valence-electron chi connectivity index (χ1n) is 7.64. The molecule has 0 amide bonds. The van der Waals surface area contributed by atoms with Gasteiger partial charge in [-0.3, -0.25) is 0 Å². The summed E-state index contributed by atoms with van der Waals surface area (Å²) in [5, 5.41) is 15.9. The van der Waals surface area contributed by atoms with Gasteiger partial charge >= 0.3 is 6.01 Å². The van der Waals surface area contributed by atoms with Crippen LogP contribution in [-0.2, 0) is 0 Å². The van der Waals surface area contributed by atoms with E-state index in [4.69, 9.17) is 4.74 Å². The second-order valence-electron chi connectivity index (χ2n) is 4.91. The fraction of sp³-hybridized carbons (Fsp3) is 0.786. The normalized spacial score (nSPS) is 11.3. The van der Waals surface area contributed by atoms with E-state index in [9.17, 15) is 5.11 Å². The molecule has 0 fully saturated rings. The van der Waals surface area contributed by atoms with Crippen molar-refractivity contribution in [3.8, 4) is 6.01 Å². The Balaban J connectivity index is 3.00. The van der Waals surface area contributed by atoms with E-state index in [-0.39, 0.29) is 6.61 Å². The fourth-order valence-electron chi connectivity index (χ4n) is 1.83. The molecule has 7 heteroatoms. The van der Waals surface area contributed by atoms with Gasteiger partial charge < -0.3 is 20.5 Å². The van der Waals surface area contributed by atoms with Gasteiger partial charge in [0, 0.05) is 6.54 Å². The van der Waals surface area contributed by atoms with Gasteiger partial charge in [-0.05, 0) is 26.2 Å². The summed E-state index contributed by atoms with van der Waals surface area (Å²) in [6, 6.07) is 0.296. The van der Waals surface area contributed by atoms with Crippen LogP contribution in [-0.4, -0.2) is 45.4 Å². The largest absolute Gasteiger partial charge is 0.463 e. The minimum absolute atomic E-state index is 0.0212. The van der Waals surface area contributed by atoms with E-state index in [0.29, 0.717) is 31.1 Å². The monoisotopic (exact) mass is 297 g/mol. The van der Waals surface area contributed by atoms with Crippen LogP contribution in [0.3, 0.4) is 0 Å². The Kier molecular flexibility index (Phi) is 7.14. The van der Waals surface area contributed by atoms with Crippen LogP contribution in [0.1, 0.15) is 47.0 Å². The maximum Gasteiger partial charge on any atom is 0.323 e. The molecule has 1 rings (SSSR count). The summed E-state index contributed by atoms with van der Waals surface area (Å²) >= 11 is 0. The summed E-state index contributed by atoms with van der Waals surface area (Å²) < 4.78 is 5.49. The first-order chi connectivity index (χ1) is 10.1. The predicted octanol–water partition coefficient (Wildman–Crippen LogP) is 2.06. The molecule has 0 unspecified atom stereocenters. The third kappa shape index (κ3) is 5.00. The van der Waals surface area contributed by atoms with E-state index in [1.165, 1.54) is 0 Å². The van der Waals surface area contributed by atoms with Crippen LogP contribution >= 0.6 is 0 Å². The second kappa shape index (κ2) is 8.61. The van der Waals surface area contributed by atoms with Crippen LogP contribution in [0.2, 0.25) is 0 Å². The van der Waals surface area contributed by atoms with Crippen molar-refractivity contribution < 1.29 is 9.84 Å². The summed E-state index contributed by atoms with van der Waals surface area (Å²) in [7, 11) is 0. The Bertz CT molecular complexity index is 416. The molecule has 0 aliphatic carbocycles. The number of aliphatic hydroxyl groups excluding tert-OH is 1. The molecule has 1 aromatic heterocycles. The first-order valence-corrected chi connectivity index (χ1v) is 7.64. The molecule has 0 saturated carbocycles. The van der Waals surface area contributed by atoms with Crippen molar-refractivity contribution in [2.75, 3.05) is 30.4 Å². The van der Waals surface area contributed by atoms with Gasteiger partial charge in [0.05, 0.1) is 18.8 Å². The van der Waals surface area contributed by atoms with Crippen LogP contribution in [0.5, 0.6) is 6.01 Å². The molecule has 1 heterocycles. The summed E-state index contributed by atoms with van der Waals surface area (Å²) in [4.78, 5) is 12.8. The zero-order valence-electron chi connectivity index (χ0n) is 13.4. The van der Waals surface area contributed by atoms with Crippen LogP contribution in [0, 0.1) is 0 Å². The topological polar surface area (TPSA) is 92.2 Å². The highest BCUT2D eigenvalue weighted by Crippen LogP contribution is 2.21. The molecule has 0 saturated heterocycles. The first kappa shape index (κ1) is 17.4. The SMILES string of the molecule is CCCOc1nc(NCC)nc(NC(CC)(CC)CO)n1. The van der Waals surface area contributed by atoms with Gasteiger partial charge in [-0.25, -0.2) is 0 Å². The van der Waals surface area contributed by atoms with Crippen molar-refractivity contribution >= 4 is 11.9 Å². The standard InChI is InChI=1S/C14H27N5O2/c1-5-9-21-13-17-11(15-8-4)16-12(18-13)19-14(6-2,7-3)10-20/h20H,5-10H2,1-4H3,(H2,15,16,17,18,19). The summed E-state index contributed by atoms with van der Waals surface area (Å²) in [5.74, 6) is 0.893. The number of aliphatic hydroxyl groups is 1. The van der Waals surface area contributed by atoms with Crippen LogP contribution in [0.4, 0.5) is 11.9 Å². The predicted molar refractivity (Wildman–Crippen MR) is 83.8 cm³/mol. The smallest absolute Gasteiger partial charge is 0.323 e. The Morgan fingerprint density at radius 2 is 1.71 bits per heavy atom. The highest BCUT2D eigenvalue weighted by molar-refractivity contribution is 5.38. The molecule has 21 heavy (non-hydrogen) atoms. The van der Waals surface area contributed by atoms with Crippen molar-refractivity contribution in [3.63, 3.8) is 0 Å². The quantitative estimate of drug-likeness (QED) is 0.608. The fourth-order valence-corrected chi connectivity index (χ4v) is 1.83. The number of ether oxygens (including phenoxy) is 1. The minimum atomic E-state index is -0.424. The molecule has 0 radical (unpaired) electrons. The van der Waals surface area contributed by atoms with Gasteiger partial charge in [0.1, 0.15) is 0 Å². The van der Waals surface area contributed by atoms with E-state index in [0.717, 1.165) is 19.3 Å². The van der Waals surface area contributed by atoms with E-state index in [2.05, 4.69) is 25.6 Å². The molecule has 0 atom stereocenters. The molecule has 0 bridgehead atoms. The van der Waals surface area contributed by atoms with Gasteiger partial charge in [-0.15, -0.1) is 0 Å². The molecule has 0 aliphatic rings. The van der Waals surface area contributed by atoms with E-state index in [1.54, 1.807) is 0 Å². The van der Waals surface area contributed by atoms with Crippen molar-refractivity contribution in [2.45, 2.75) is 52.5 Å². The van der Waals surface area contributed by atoms with Crippen molar-refractivity contribution in [2.24, 2.45) is 0 Å². The molecule has 0 spiro atoms. The van der Waals surface area contributed by atoms with Gasteiger partial charge in [0.15, 0.2) is 0 Å². The highest BCUT2D eigenvalue weighted by Gasteiger charge is 2.26. The van der Waals surface area contributed by atoms with Gasteiger partial charge in [-0.2, -0.15) is 15.0 Å². The van der Waals surface area contributed by atoms with Crippen molar-refractivity contribution in [3.05, 3.63) is 0 Å². The molecular weight excluding hydrogens is 270 g/mol. The highest BCUT2D eigenvalue weighted by atomic mass is 16.5. The molecule has 0 aliphatic heterocycles. The maximum absolute atomic E-state index is 9.64. The number of rotatable bonds is 10. The number of anilines is 2. The number of hydrogen-bond donors (Lipinski definition) is 3. The molecule has 7 nitrogen and oxygen atoms in total. The minimum Gasteiger partial charge on any atom is -0.463 e. The lowest BCUT2D eigenvalue weighted by Gasteiger charge is -2.30. The molecule has 120 valence electrons. The molecular formula is C14H27N5O2. The second-order valence-corrected chi connectivity index (χ2v) is 4.91. The summed E-state index contributed by atoms with van der Waals surface area (Å²) in [6.07, 6.45) is 2.43. The zero-order chi connectivity index (χ0) is 15.7. The Labute approximate surface area is 126 Å². The van der Waals surface area contributed by atoms with Gasteiger partial charge in [0.25, 0.3) is 0 Å².